The summed E-state index contributed by atoms with van der Waals surface area (Å²) in [7, 11) is 1.35. The van der Waals surface area contributed by atoms with E-state index in [-0.39, 0.29) is 17.0 Å². The van der Waals surface area contributed by atoms with Crippen molar-refractivity contribution >= 4 is 11.7 Å². The molecule has 0 atom stereocenters. The number of quaternary nitrogens is 1. The highest BCUT2D eigenvalue weighted by atomic mass is 16.6. The van der Waals surface area contributed by atoms with Crippen molar-refractivity contribution in [3.05, 3.63) is 33.9 Å². The molecule has 0 radical (unpaired) electrons. The molecule has 2 rings (SSSR count). The third kappa shape index (κ3) is 3.98. The van der Waals surface area contributed by atoms with Crippen molar-refractivity contribution in [2.24, 2.45) is 5.92 Å². The van der Waals surface area contributed by atoms with E-state index in [0.29, 0.717) is 5.92 Å². The van der Waals surface area contributed by atoms with Crippen molar-refractivity contribution in [3.63, 3.8) is 0 Å². The van der Waals surface area contributed by atoms with Gasteiger partial charge in [-0.05, 0) is 26.0 Å². The molecule has 1 aliphatic rings. The lowest BCUT2D eigenvalue weighted by atomic mass is 9.83. The van der Waals surface area contributed by atoms with Crippen LogP contribution < -0.4 is 10.1 Å². The summed E-state index contributed by atoms with van der Waals surface area (Å²) in [6.45, 7) is 5.86. The highest BCUT2D eigenvalue weighted by Gasteiger charge is 2.35. The summed E-state index contributed by atoms with van der Waals surface area (Å²) in [6.07, 6.45) is 1.98. The van der Waals surface area contributed by atoms with Gasteiger partial charge in [-0.2, -0.15) is 0 Å². The molecular weight excluding hydrogens is 300 g/mol. The third-order valence-electron chi connectivity index (χ3n) is 4.39. The van der Waals surface area contributed by atoms with Crippen LogP contribution in [0.15, 0.2) is 18.2 Å². The smallest absolute Gasteiger partial charge is 0.338 e. The number of rotatable bonds is 5. The SMILES string of the molecule is COc1ccc(C(=O)OC(C)(C)C2CC[NH2+]CC2)cc1[N+](=O)[O-]. The second-order valence-electron chi connectivity index (χ2n) is 6.28. The first-order chi connectivity index (χ1) is 10.8. The zero-order valence-corrected chi connectivity index (χ0v) is 13.7. The van der Waals surface area contributed by atoms with Crippen LogP contribution in [0.25, 0.3) is 0 Å². The van der Waals surface area contributed by atoms with Gasteiger partial charge in [0.05, 0.1) is 30.7 Å². The molecule has 2 N–H and O–H groups in total. The number of nitrogens with two attached hydrogens (primary N) is 1. The number of nitro benzene ring substituents is 1. The number of nitro groups is 1. The average Bonchev–Trinajstić information content (AvgIpc) is 2.54. The molecule has 1 fully saturated rings. The quantitative estimate of drug-likeness (QED) is 0.503. The maximum absolute atomic E-state index is 12.4. The number of esters is 1. The van der Waals surface area contributed by atoms with Gasteiger partial charge >= 0.3 is 11.7 Å². The molecule has 0 unspecified atom stereocenters. The lowest BCUT2D eigenvalue weighted by Crippen LogP contribution is -2.86. The number of hydrogen-bond acceptors (Lipinski definition) is 5. The Hall–Kier alpha value is -2.15. The molecule has 1 saturated heterocycles. The van der Waals surface area contributed by atoms with Crippen LogP contribution in [-0.4, -0.2) is 36.7 Å². The van der Waals surface area contributed by atoms with Crippen LogP contribution in [-0.2, 0) is 4.74 Å². The maximum Gasteiger partial charge on any atom is 0.338 e. The number of nitrogens with zero attached hydrogens (tertiary/aromatic N) is 1. The van der Waals surface area contributed by atoms with Gasteiger partial charge in [0.15, 0.2) is 5.75 Å². The molecule has 0 amide bonds. The fourth-order valence-electron chi connectivity index (χ4n) is 2.96. The summed E-state index contributed by atoms with van der Waals surface area (Å²) in [5, 5.41) is 13.3. The molecule has 23 heavy (non-hydrogen) atoms. The van der Waals surface area contributed by atoms with Crippen molar-refractivity contribution < 1.29 is 24.5 Å². The van der Waals surface area contributed by atoms with Gasteiger partial charge < -0.3 is 14.8 Å². The minimum atomic E-state index is -0.597. The lowest BCUT2D eigenvalue weighted by Gasteiger charge is -2.35. The van der Waals surface area contributed by atoms with Crippen LogP contribution in [0.2, 0.25) is 0 Å². The van der Waals surface area contributed by atoms with Crippen LogP contribution in [0.1, 0.15) is 37.0 Å². The monoisotopic (exact) mass is 323 g/mol. The van der Waals surface area contributed by atoms with Crippen molar-refractivity contribution in [3.8, 4) is 5.75 Å². The largest absolute Gasteiger partial charge is 0.490 e. The van der Waals surface area contributed by atoms with Crippen LogP contribution >= 0.6 is 0 Å². The summed E-state index contributed by atoms with van der Waals surface area (Å²) in [5.74, 6) is -0.131. The first kappa shape index (κ1) is 17.2. The number of methoxy groups -OCH3 is 1. The molecule has 0 spiro atoms. The van der Waals surface area contributed by atoms with E-state index in [4.69, 9.17) is 9.47 Å². The predicted octanol–water partition coefficient (Wildman–Crippen LogP) is 1.51. The average molecular weight is 323 g/mol. The fourth-order valence-corrected chi connectivity index (χ4v) is 2.96. The number of hydrogen-bond donors (Lipinski definition) is 1. The first-order valence-electron chi connectivity index (χ1n) is 7.72. The summed E-state index contributed by atoms with van der Waals surface area (Å²) in [5.41, 5.74) is -0.681. The molecule has 1 aromatic rings. The first-order valence-corrected chi connectivity index (χ1v) is 7.72. The van der Waals surface area contributed by atoms with Gasteiger partial charge in [0, 0.05) is 24.8 Å². The van der Waals surface area contributed by atoms with Crippen LogP contribution in [0, 0.1) is 16.0 Å². The highest BCUT2D eigenvalue weighted by Crippen LogP contribution is 2.31. The van der Waals surface area contributed by atoms with E-state index in [2.05, 4.69) is 5.32 Å². The maximum atomic E-state index is 12.4. The molecule has 1 heterocycles. The zero-order valence-electron chi connectivity index (χ0n) is 13.7. The van der Waals surface area contributed by atoms with Crippen molar-refractivity contribution in [2.75, 3.05) is 20.2 Å². The van der Waals surface area contributed by atoms with Gasteiger partial charge in [0.2, 0.25) is 0 Å². The molecule has 1 aromatic carbocycles. The Kier molecular flexibility index (Phi) is 5.20. The van der Waals surface area contributed by atoms with Crippen LogP contribution in [0.5, 0.6) is 5.75 Å². The number of carbonyl (C=O) groups excluding carboxylic acids is 1. The molecule has 126 valence electrons. The van der Waals surface area contributed by atoms with E-state index >= 15 is 0 Å². The standard InChI is InChI=1S/C16H22N2O5/c1-16(2,12-6-8-17-9-7-12)23-15(19)11-4-5-14(22-3)13(10-11)18(20)21/h4-5,10,12,17H,6-9H2,1-3H3/p+1. The van der Waals surface area contributed by atoms with Crippen LogP contribution in [0.4, 0.5) is 5.69 Å². The number of benzene rings is 1. The number of carbonyl (C=O) groups is 1. The molecule has 0 bridgehead atoms. The third-order valence-corrected chi connectivity index (χ3v) is 4.39. The summed E-state index contributed by atoms with van der Waals surface area (Å²) >= 11 is 0. The molecule has 7 heteroatoms. The Balaban J connectivity index is 2.16. The van der Waals surface area contributed by atoms with Crippen LogP contribution in [0.3, 0.4) is 0 Å². The second kappa shape index (κ2) is 6.95. The Bertz CT molecular complexity index is 594. The molecule has 7 nitrogen and oxygen atoms in total. The topological polar surface area (TPSA) is 95.3 Å². The minimum absolute atomic E-state index is 0.119. The zero-order chi connectivity index (χ0) is 17.0. The summed E-state index contributed by atoms with van der Waals surface area (Å²) in [6, 6.07) is 4.10. The molecule has 0 saturated carbocycles. The number of ether oxygens (including phenoxy) is 2. The van der Waals surface area contributed by atoms with Gasteiger partial charge in [0.1, 0.15) is 5.60 Å². The normalized spacial score (nSPS) is 16.0. The van der Waals surface area contributed by atoms with Gasteiger partial charge in [-0.1, -0.05) is 0 Å². The summed E-state index contributed by atoms with van der Waals surface area (Å²) < 4.78 is 10.6. The van der Waals surface area contributed by atoms with E-state index in [9.17, 15) is 14.9 Å². The second-order valence-corrected chi connectivity index (χ2v) is 6.28. The van der Waals surface area contributed by atoms with E-state index in [1.165, 1.54) is 25.3 Å². The Morgan fingerprint density at radius 2 is 2.00 bits per heavy atom. The predicted molar refractivity (Wildman–Crippen MR) is 83.5 cm³/mol. The van der Waals surface area contributed by atoms with Crippen molar-refractivity contribution in [1.29, 1.82) is 0 Å². The molecule has 0 aromatic heterocycles. The molecule has 0 aliphatic carbocycles. The van der Waals surface area contributed by atoms with Gasteiger partial charge in [0.25, 0.3) is 0 Å². The van der Waals surface area contributed by atoms with Gasteiger partial charge in [-0.3, -0.25) is 10.1 Å². The lowest BCUT2D eigenvalue weighted by molar-refractivity contribution is -0.665. The van der Waals surface area contributed by atoms with Crippen molar-refractivity contribution in [2.45, 2.75) is 32.3 Å². The fraction of sp³-hybridized carbons (Fsp3) is 0.562. The Morgan fingerprint density at radius 3 is 2.57 bits per heavy atom. The minimum Gasteiger partial charge on any atom is -0.490 e. The van der Waals surface area contributed by atoms with Gasteiger partial charge in [-0.25, -0.2) is 4.79 Å². The van der Waals surface area contributed by atoms with E-state index < -0.39 is 16.5 Å². The van der Waals surface area contributed by atoms with Gasteiger partial charge in [-0.15, -0.1) is 0 Å². The number of piperidine rings is 1. The molecule has 1 aliphatic heterocycles. The molecular formula is C16H23N2O5+. The van der Waals surface area contributed by atoms with E-state index in [0.717, 1.165) is 25.9 Å². The van der Waals surface area contributed by atoms with E-state index in [1.807, 2.05) is 13.8 Å². The Labute approximate surface area is 135 Å². The van der Waals surface area contributed by atoms with Crippen molar-refractivity contribution in [1.82, 2.24) is 0 Å². The summed E-state index contributed by atoms with van der Waals surface area (Å²) in [4.78, 5) is 22.9. The van der Waals surface area contributed by atoms with E-state index in [1.54, 1.807) is 0 Å². The highest BCUT2D eigenvalue weighted by molar-refractivity contribution is 5.91. The Morgan fingerprint density at radius 1 is 1.35 bits per heavy atom.